The Kier molecular flexibility index (Phi) is 3.47. The standard InChI is InChI=1S/C16H18N2O2S/c1-11-6-8-13(21(17,19)20)10-16(11)18-15-9-7-12-4-2-3-5-14(12)15/h2-6,8,10,15,18H,7,9H2,1H3,(H2,17,19,20). The summed E-state index contributed by atoms with van der Waals surface area (Å²) in [4.78, 5) is 0.141. The van der Waals surface area contributed by atoms with Crippen molar-refractivity contribution in [2.24, 2.45) is 5.14 Å². The number of rotatable bonds is 3. The molecule has 0 aromatic heterocycles. The van der Waals surface area contributed by atoms with E-state index in [1.165, 1.54) is 11.1 Å². The lowest BCUT2D eigenvalue weighted by atomic mass is 10.1. The van der Waals surface area contributed by atoms with Gasteiger partial charge in [0.2, 0.25) is 10.0 Å². The summed E-state index contributed by atoms with van der Waals surface area (Å²) < 4.78 is 23.0. The van der Waals surface area contributed by atoms with Crippen LogP contribution in [0.4, 0.5) is 5.69 Å². The summed E-state index contributed by atoms with van der Waals surface area (Å²) in [5.41, 5.74) is 4.48. The highest BCUT2D eigenvalue weighted by Gasteiger charge is 2.22. The summed E-state index contributed by atoms with van der Waals surface area (Å²) in [5, 5.41) is 8.66. The molecule has 0 bridgehead atoms. The van der Waals surface area contributed by atoms with E-state index >= 15 is 0 Å². The first-order chi connectivity index (χ1) is 9.95. The van der Waals surface area contributed by atoms with Crippen molar-refractivity contribution in [3.63, 3.8) is 0 Å². The van der Waals surface area contributed by atoms with Gasteiger partial charge in [-0.1, -0.05) is 30.3 Å². The summed E-state index contributed by atoms with van der Waals surface area (Å²) in [6.07, 6.45) is 2.06. The van der Waals surface area contributed by atoms with Gasteiger partial charge in [-0.25, -0.2) is 13.6 Å². The summed E-state index contributed by atoms with van der Waals surface area (Å²) in [7, 11) is -3.68. The lowest BCUT2D eigenvalue weighted by molar-refractivity contribution is 0.598. The maximum atomic E-state index is 11.5. The monoisotopic (exact) mass is 302 g/mol. The maximum absolute atomic E-state index is 11.5. The predicted molar refractivity (Wildman–Crippen MR) is 83.7 cm³/mol. The molecule has 0 radical (unpaired) electrons. The van der Waals surface area contributed by atoms with Gasteiger partial charge in [0.1, 0.15) is 0 Å². The van der Waals surface area contributed by atoms with Crippen LogP contribution in [0.1, 0.15) is 29.2 Å². The fourth-order valence-electron chi connectivity index (χ4n) is 2.83. The van der Waals surface area contributed by atoms with Gasteiger partial charge in [0.05, 0.1) is 10.9 Å². The molecule has 5 heteroatoms. The second-order valence-electron chi connectivity index (χ2n) is 5.46. The van der Waals surface area contributed by atoms with E-state index in [1.807, 2.05) is 19.1 Å². The molecular weight excluding hydrogens is 284 g/mol. The van der Waals surface area contributed by atoms with Gasteiger partial charge in [-0.15, -0.1) is 0 Å². The van der Waals surface area contributed by atoms with Crippen molar-refractivity contribution in [2.45, 2.75) is 30.7 Å². The van der Waals surface area contributed by atoms with Crippen molar-refractivity contribution in [3.8, 4) is 0 Å². The van der Waals surface area contributed by atoms with Crippen molar-refractivity contribution < 1.29 is 8.42 Å². The van der Waals surface area contributed by atoms with Crippen LogP contribution in [-0.4, -0.2) is 8.42 Å². The number of primary sulfonamides is 1. The zero-order valence-corrected chi connectivity index (χ0v) is 12.7. The molecular formula is C16H18N2O2S. The molecule has 4 nitrogen and oxygen atoms in total. The van der Waals surface area contributed by atoms with E-state index in [0.29, 0.717) is 0 Å². The van der Waals surface area contributed by atoms with E-state index in [1.54, 1.807) is 18.2 Å². The van der Waals surface area contributed by atoms with Crippen LogP contribution in [0.15, 0.2) is 47.4 Å². The minimum atomic E-state index is -3.68. The summed E-state index contributed by atoms with van der Waals surface area (Å²) in [5.74, 6) is 0. The number of benzene rings is 2. The minimum Gasteiger partial charge on any atom is -0.378 e. The SMILES string of the molecule is Cc1ccc(S(N)(=O)=O)cc1NC1CCc2ccccc21. The number of hydrogen-bond donors (Lipinski definition) is 2. The van der Waals surface area contributed by atoms with Gasteiger partial charge >= 0.3 is 0 Å². The number of aryl methyl sites for hydroxylation is 2. The first-order valence-corrected chi connectivity index (χ1v) is 8.47. The van der Waals surface area contributed by atoms with E-state index in [4.69, 9.17) is 5.14 Å². The van der Waals surface area contributed by atoms with Crippen LogP contribution in [0.2, 0.25) is 0 Å². The van der Waals surface area contributed by atoms with Gasteiger partial charge in [-0.2, -0.15) is 0 Å². The van der Waals surface area contributed by atoms with Crippen LogP contribution in [0.3, 0.4) is 0 Å². The number of nitrogens with two attached hydrogens (primary N) is 1. The van der Waals surface area contributed by atoms with E-state index < -0.39 is 10.0 Å². The highest BCUT2D eigenvalue weighted by Crippen LogP contribution is 2.34. The Morgan fingerprint density at radius 2 is 1.95 bits per heavy atom. The van der Waals surface area contributed by atoms with Crippen molar-refractivity contribution in [1.82, 2.24) is 0 Å². The highest BCUT2D eigenvalue weighted by atomic mass is 32.2. The predicted octanol–water partition coefficient (Wildman–Crippen LogP) is 2.74. The molecule has 0 saturated carbocycles. The van der Waals surface area contributed by atoms with Gasteiger partial charge in [-0.05, 0) is 48.6 Å². The van der Waals surface area contributed by atoms with Crippen LogP contribution in [0.25, 0.3) is 0 Å². The van der Waals surface area contributed by atoms with E-state index in [2.05, 4.69) is 17.4 Å². The Morgan fingerprint density at radius 3 is 2.71 bits per heavy atom. The van der Waals surface area contributed by atoms with Crippen molar-refractivity contribution >= 4 is 15.7 Å². The first-order valence-electron chi connectivity index (χ1n) is 6.93. The third-order valence-corrected chi connectivity index (χ3v) is 4.91. The zero-order chi connectivity index (χ0) is 15.0. The third kappa shape index (κ3) is 2.80. The van der Waals surface area contributed by atoms with E-state index in [9.17, 15) is 8.42 Å². The molecule has 2 aromatic rings. The summed E-state index contributed by atoms with van der Waals surface area (Å²) >= 11 is 0. The summed E-state index contributed by atoms with van der Waals surface area (Å²) in [6.45, 7) is 1.95. The molecule has 0 aliphatic heterocycles. The highest BCUT2D eigenvalue weighted by molar-refractivity contribution is 7.89. The van der Waals surface area contributed by atoms with Crippen LogP contribution in [0.5, 0.6) is 0 Å². The minimum absolute atomic E-state index is 0.141. The Morgan fingerprint density at radius 1 is 1.19 bits per heavy atom. The molecule has 2 aromatic carbocycles. The Bertz CT molecular complexity index is 785. The fraction of sp³-hybridized carbons (Fsp3) is 0.250. The number of sulfonamides is 1. The van der Waals surface area contributed by atoms with Crippen LogP contribution < -0.4 is 10.5 Å². The maximum Gasteiger partial charge on any atom is 0.238 e. The number of nitrogens with one attached hydrogen (secondary N) is 1. The number of anilines is 1. The van der Waals surface area contributed by atoms with Gasteiger partial charge in [0.15, 0.2) is 0 Å². The average Bonchev–Trinajstić information content (AvgIpc) is 2.83. The Hall–Kier alpha value is -1.85. The molecule has 0 amide bonds. The topological polar surface area (TPSA) is 72.2 Å². The molecule has 0 heterocycles. The lowest BCUT2D eigenvalue weighted by Crippen LogP contribution is -2.14. The van der Waals surface area contributed by atoms with Crippen molar-refractivity contribution in [3.05, 3.63) is 59.2 Å². The average molecular weight is 302 g/mol. The van der Waals surface area contributed by atoms with E-state index in [-0.39, 0.29) is 10.9 Å². The first kappa shape index (κ1) is 14.1. The molecule has 1 unspecified atom stereocenters. The third-order valence-electron chi connectivity index (χ3n) is 4.00. The fourth-order valence-corrected chi connectivity index (χ4v) is 3.37. The molecule has 110 valence electrons. The molecule has 0 spiro atoms. The Labute approximate surface area is 125 Å². The molecule has 1 aliphatic rings. The number of hydrogen-bond acceptors (Lipinski definition) is 3. The van der Waals surface area contributed by atoms with Gasteiger partial charge in [0, 0.05) is 5.69 Å². The van der Waals surface area contributed by atoms with Crippen molar-refractivity contribution in [1.29, 1.82) is 0 Å². The van der Waals surface area contributed by atoms with Gasteiger partial charge in [0.25, 0.3) is 0 Å². The molecule has 21 heavy (non-hydrogen) atoms. The molecule has 1 atom stereocenters. The van der Waals surface area contributed by atoms with Gasteiger partial charge in [-0.3, -0.25) is 0 Å². The van der Waals surface area contributed by atoms with Crippen LogP contribution in [0, 0.1) is 6.92 Å². The second kappa shape index (κ2) is 5.16. The molecule has 1 aliphatic carbocycles. The molecule has 3 rings (SSSR count). The second-order valence-corrected chi connectivity index (χ2v) is 7.02. The van der Waals surface area contributed by atoms with Crippen LogP contribution >= 0.6 is 0 Å². The summed E-state index contributed by atoms with van der Waals surface area (Å²) in [6, 6.07) is 13.5. The smallest absolute Gasteiger partial charge is 0.238 e. The van der Waals surface area contributed by atoms with Crippen molar-refractivity contribution in [2.75, 3.05) is 5.32 Å². The molecule has 0 fully saturated rings. The lowest BCUT2D eigenvalue weighted by Gasteiger charge is -2.18. The zero-order valence-electron chi connectivity index (χ0n) is 11.8. The van der Waals surface area contributed by atoms with Crippen LogP contribution in [-0.2, 0) is 16.4 Å². The largest absolute Gasteiger partial charge is 0.378 e. The quantitative estimate of drug-likeness (QED) is 0.915. The normalized spacial score (nSPS) is 17.5. The Balaban J connectivity index is 1.93. The molecule has 0 saturated heterocycles. The molecule has 3 N–H and O–H groups in total. The van der Waals surface area contributed by atoms with E-state index in [0.717, 1.165) is 24.1 Å². The van der Waals surface area contributed by atoms with Gasteiger partial charge < -0.3 is 5.32 Å². The number of fused-ring (bicyclic) bond motifs is 1.